The summed E-state index contributed by atoms with van der Waals surface area (Å²) in [4.78, 5) is 1.68. The lowest BCUT2D eigenvalue weighted by Gasteiger charge is -2.33. The smallest absolute Gasteiger partial charge is 0.382 e. The molecule has 0 spiro atoms. The van der Waals surface area contributed by atoms with E-state index in [0.29, 0.717) is 19.0 Å². The third-order valence-corrected chi connectivity index (χ3v) is 3.00. The molecule has 2 nitrogen and oxygen atoms in total. The van der Waals surface area contributed by atoms with Crippen molar-refractivity contribution in [1.82, 2.24) is 4.90 Å². The molecule has 0 aromatic heterocycles. The van der Waals surface area contributed by atoms with Crippen molar-refractivity contribution < 1.29 is 18.3 Å². The lowest BCUT2D eigenvalue weighted by Crippen LogP contribution is -2.43. The first-order valence-corrected chi connectivity index (χ1v) is 5.40. The van der Waals surface area contributed by atoms with Gasteiger partial charge in [-0.25, -0.2) is 0 Å². The van der Waals surface area contributed by atoms with Gasteiger partial charge in [0.05, 0.1) is 0 Å². The van der Waals surface area contributed by atoms with Gasteiger partial charge in [0.2, 0.25) is 0 Å². The maximum atomic E-state index is 12.1. The summed E-state index contributed by atoms with van der Waals surface area (Å²) in [5.41, 5.74) is 0. The summed E-state index contributed by atoms with van der Waals surface area (Å²) < 4.78 is 36.3. The Bertz CT molecular complexity index is 192. The number of rotatable bonds is 5. The molecule has 0 aliphatic heterocycles. The Morgan fingerprint density at radius 3 is 2.33 bits per heavy atom. The molecule has 0 amide bonds. The number of aliphatic hydroxyl groups excluding tert-OH is 1. The van der Waals surface area contributed by atoms with Crippen LogP contribution in [0, 0.1) is 5.92 Å². The molecule has 0 saturated heterocycles. The highest BCUT2D eigenvalue weighted by Gasteiger charge is 2.39. The van der Waals surface area contributed by atoms with Crippen LogP contribution < -0.4 is 0 Å². The van der Waals surface area contributed by atoms with E-state index in [-0.39, 0.29) is 6.54 Å². The van der Waals surface area contributed by atoms with Crippen LogP contribution in [0.15, 0.2) is 0 Å². The van der Waals surface area contributed by atoms with Crippen LogP contribution in [0.25, 0.3) is 0 Å². The van der Waals surface area contributed by atoms with Gasteiger partial charge in [0.15, 0.2) is 6.10 Å². The maximum absolute atomic E-state index is 12.1. The Balaban J connectivity index is 2.31. The molecule has 5 heteroatoms. The van der Waals surface area contributed by atoms with Crippen molar-refractivity contribution in [2.24, 2.45) is 5.92 Å². The second kappa shape index (κ2) is 5.16. The van der Waals surface area contributed by atoms with Gasteiger partial charge in [0, 0.05) is 13.1 Å². The number of hydrogen-bond donors (Lipinski definition) is 1. The Morgan fingerprint density at radius 2 is 2.00 bits per heavy atom. The fraction of sp³-hybridized carbons (Fsp3) is 1.00. The van der Waals surface area contributed by atoms with Crippen molar-refractivity contribution in [3.05, 3.63) is 0 Å². The van der Waals surface area contributed by atoms with E-state index in [1.54, 1.807) is 4.90 Å². The zero-order valence-electron chi connectivity index (χ0n) is 8.93. The van der Waals surface area contributed by atoms with E-state index in [2.05, 4.69) is 0 Å². The summed E-state index contributed by atoms with van der Waals surface area (Å²) in [7, 11) is 0. The lowest BCUT2D eigenvalue weighted by atomic mass is 9.85. The van der Waals surface area contributed by atoms with Crippen molar-refractivity contribution in [1.29, 1.82) is 0 Å². The molecule has 0 radical (unpaired) electrons. The van der Waals surface area contributed by atoms with Crippen molar-refractivity contribution in [2.75, 3.05) is 19.6 Å². The Kier molecular flexibility index (Phi) is 4.40. The van der Waals surface area contributed by atoms with Gasteiger partial charge >= 0.3 is 6.18 Å². The summed E-state index contributed by atoms with van der Waals surface area (Å²) >= 11 is 0. The summed E-state index contributed by atoms with van der Waals surface area (Å²) in [6.45, 7) is 2.77. The highest BCUT2D eigenvalue weighted by Crippen LogP contribution is 2.28. The molecule has 1 fully saturated rings. The van der Waals surface area contributed by atoms with E-state index >= 15 is 0 Å². The molecule has 1 unspecified atom stereocenters. The third-order valence-electron chi connectivity index (χ3n) is 3.00. The van der Waals surface area contributed by atoms with Crippen LogP contribution in [-0.2, 0) is 0 Å². The molecular weight excluding hydrogens is 207 g/mol. The topological polar surface area (TPSA) is 23.5 Å². The number of aliphatic hydroxyl groups is 1. The van der Waals surface area contributed by atoms with Crippen LogP contribution in [0.5, 0.6) is 0 Å². The Hall–Kier alpha value is -0.290. The standard InChI is InChI=1S/C10H18F3NO/c1-2-14(6-8-4-3-5-8)7-9(15)10(11,12)13/h8-9,15H,2-7H2,1H3. The minimum Gasteiger partial charge on any atom is -0.382 e. The molecule has 1 rings (SSSR count). The van der Waals surface area contributed by atoms with Crippen LogP contribution in [0.1, 0.15) is 26.2 Å². The molecule has 1 N–H and O–H groups in total. The third kappa shape index (κ3) is 3.99. The van der Waals surface area contributed by atoms with Crippen molar-refractivity contribution >= 4 is 0 Å². The molecule has 0 bridgehead atoms. The number of alkyl halides is 3. The highest BCUT2D eigenvalue weighted by molar-refractivity contribution is 4.76. The second-order valence-electron chi connectivity index (χ2n) is 4.21. The van der Waals surface area contributed by atoms with Crippen LogP contribution >= 0.6 is 0 Å². The van der Waals surface area contributed by atoms with Crippen LogP contribution in [-0.4, -0.2) is 41.9 Å². The van der Waals surface area contributed by atoms with Crippen LogP contribution in [0.4, 0.5) is 13.2 Å². The quantitative estimate of drug-likeness (QED) is 0.774. The first-order valence-electron chi connectivity index (χ1n) is 5.40. The molecule has 1 aliphatic rings. The van der Waals surface area contributed by atoms with Crippen molar-refractivity contribution in [3.63, 3.8) is 0 Å². The first kappa shape index (κ1) is 12.8. The van der Waals surface area contributed by atoms with E-state index in [4.69, 9.17) is 5.11 Å². The fourth-order valence-corrected chi connectivity index (χ4v) is 1.72. The Morgan fingerprint density at radius 1 is 1.40 bits per heavy atom. The monoisotopic (exact) mass is 225 g/mol. The molecule has 1 aliphatic carbocycles. The number of likely N-dealkylation sites (N-methyl/N-ethyl adjacent to an activating group) is 1. The van der Waals surface area contributed by atoms with Crippen molar-refractivity contribution in [3.8, 4) is 0 Å². The molecule has 1 saturated carbocycles. The van der Waals surface area contributed by atoms with Gasteiger partial charge in [-0.15, -0.1) is 0 Å². The molecule has 15 heavy (non-hydrogen) atoms. The summed E-state index contributed by atoms with van der Waals surface area (Å²) in [5.74, 6) is 0.533. The van der Waals surface area contributed by atoms with Crippen molar-refractivity contribution in [2.45, 2.75) is 38.5 Å². The summed E-state index contributed by atoms with van der Waals surface area (Å²) in [6, 6.07) is 0. The van der Waals surface area contributed by atoms with Gasteiger partial charge in [-0.1, -0.05) is 13.3 Å². The van der Waals surface area contributed by atoms with Gasteiger partial charge in [-0.3, -0.25) is 0 Å². The molecule has 0 aromatic carbocycles. The maximum Gasteiger partial charge on any atom is 0.415 e. The predicted octanol–water partition coefficient (Wildman–Crippen LogP) is 2.03. The van der Waals surface area contributed by atoms with E-state index in [1.165, 1.54) is 6.42 Å². The average Bonchev–Trinajstić information content (AvgIpc) is 2.06. The fourth-order valence-electron chi connectivity index (χ4n) is 1.72. The van der Waals surface area contributed by atoms with Crippen LogP contribution in [0.2, 0.25) is 0 Å². The highest BCUT2D eigenvalue weighted by atomic mass is 19.4. The minimum absolute atomic E-state index is 0.295. The second-order valence-corrected chi connectivity index (χ2v) is 4.21. The normalized spacial score (nSPS) is 20.4. The Labute approximate surface area is 88.1 Å². The van der Waals surface area contributed by atoms with Gasteiger partial charge in [0.1, 0.15) is 0 Å². The first-order chi connectivity index (χ1) is 6.93. The SMILES string of the molecule is CCN(CC1CCC1)CC(O)C(F)(F)F. The molecule has 90 valence electrons. The number of halogens is 3. The summed E-state index contributed by atoms with van der Waals surface area (Å²) in [6.07, 6.45) is -3.30. The van der Waals surface area contributed by atoms with E-state index in [0.717, 1.165) is 12.8 Å². The summed E-state index contributed by atoms with van der Waals surface area (Å²) in [5, 5.41) is 8.92. The average molecular weight is 225 g/mol. The van der Waals surface area contributed by atoms with Gasteiger partial charge in [-0.05, 0) is 25.3 Å². The van der Waals surface area contributed by atoms with Gasteiger partial charge in [-0.2, -0.15) is 13.2 Å². The number of hydrogen-bond acceptors (Lipinski definition) is 2. The molecule has 1 atom stereocenters. The van der Waals surface area contributed by atoms with Gasteiger partial charge in [0.25, 0.3) is 0 Å². The molecule has 0 heterocycles. The number of nitrogens with zero attached hydrogens (tertiary/aromatic N) is 1. The molecule has 0 aromatic rings. The minimum atomic E-state index is -4.49. The van der Waals surface area contributed by atoms with Gasteiger partial charge < -0.3 is 10.0 Å². The van der Waals surface area contributed by atoms with E-state index < -0.39 is 12.3 Å². The predicted molar refractivity (Wildman–Crippen MR) is 51.5 cm³/mol. The largest absolute Gasteiger partial charge is 0.415 e. The van der Waals surface area contributed by atoms with E-state index in [1.807, 2.05) is 6.92 Å². The van der Waals surface area contributed by atoms with Crippen LogP contribution in [0.3, 0.4) is 0 Å². The van der Waals surface area contributed by atoms with E-state index in [9.17, 15) is 13.2 Å². The zero-order chi connectivity index (χ0) is 11.5. The zero-order valence-corrected chi connectivity index (χ0v) is 8.93. The lowest BCUT2D eigenvalue weighted by molar-refractivity contribution is -0.208. The molecular formula is C10H18F3NO.